The van der Waals surface area contributed by atoms with Gasteiger partial charge in [-0.3, -0.25) is 4.79 Å². The summed E-state index contributed by atoms with van der Waals surface area (Å²) in [7, 11) is 2.74. The van der Waals surface area contributed by atoms with Gasteiger partial charge in [0.1, 0.15) is 5.75 Å². The number of benzene rings is 1. The molecule has 0 amide bonds. The van der Waals surface area contributed by atoms with Crippen LogP contribution in [0.4, 0.5) is 4.39 Å². The van der Waals surface area contributed by atoms with Gasteiger partial charge in [-0.05, 0) is 18.6 Å². The van der Waals surface area contributed by atoms with E-state index in [9.17, 15) is 9.18 Å². The van der Waals surface area contributed by atoms with Crippen LogP contribution in [0.25, 0.3) is 0 Å². The first-order valence-electron chi connectivity index (χ1n) is 5.39. The molecular weight excluding hydrogens is 241 g/mol. The van der Waals surface area contributed by atoms with Crippen LogP contribution in [0, 0.1) is 5.82 Å². The van der Waals surface area contributed by atoms with E-state index in [0.29, 0.717) is 0 Å². The first kappa shape index (κ1) is 14.2. The van der Waals surface area contributed by atoms with Gasteiger partial charge in [0.25, 0.3) is 0 Å². The maximum Gasteiger partial charge on any atom is 0.303 e. The standard InChI is InChI=1S/C12H16FNO4/c1-17-8-4-5-9(18-2)12(13)11(8)7(14)3-6-10(15)16/h4-5,7H,3,6,14H2,1-2H3,(H,15,16). The molecule has 0 bridgehead atoms. The number of hydrogen-bond donors (Lipinski definition) is 2. The zero-order valence-electron chi connectivity index (χ0n) is 10.3. The number of carboxylic acid groups (broad SMARTS) is 1. The van der Waals surface area contributed by atoms with Gasteiger partial charge in [-0.2, -0.15) is 0 Å². The second kappa shape index (κ2) is 6.20. The number of rotatable bonds is 6. The molecule has 1 rings (SSSR count). The van der Waals surface area contributed by atoms with Gasteiger partial charge in [-0.1, -0.05) is 0 Å². The van der Waals surface area contributed by atoms with Gasteiger partial charge in [0, 0.05) is 12.5 Å². The Hall–Kier alpha value is -1.82. The van der Waals surface area contributed by atoms with Gasteiger partial charge in [0.2, 0.25) is 0 Å². The molecule has 1 aromatic carbocycles. The number of carbonyl (C=O) groups is 1. The Labute approximate surface area is 104 Å². The number of aliphatic carboxylic acids is 1. The molecular formula is C12H16FNO4. The molecule has 0 aromatic heterocycles. The smallest absolute Gasteiger partial charge is 0.303 e. The second-order valence-corrected chi connectivity index (χ2v) is 3.74. The molecule has 6 heteroatoms. The van der Waals surface area contributed by atoms with Gasteiger partial charge in [0.05, 0.1) is 19.8 Å². The average Bonchev–Trinajstić information content (AvgIpc) is 2.35. The minimum atomic E-state index is -0.979. The van der Waals surface area contributed by atoms with E-state index in [4.69, 9.17) is 20.3 Å². The minimum absolute atomic E-state index is 0.0524. The zero-order valence-corrected chi connectivity index (χ0v) is 10.3. The van der Waals surface area contributed by atoms with Crippen LogP contribution < -0.4 is 15.2 Å². The van der Waals surface area contributed by atoms with Gasteiger partial charge in [-0.25, -0.2) is 4.39 Å². The lowest BCUT2D eigenvalue weighted by atomic mass is 10.0. The molecule has 100 valence electrons. The van der Waals surface area contributed by atoms with Crippen molar-refractivity contribution in [2.24, 2.45) is 5.73 Å². The third-order valence-corrected chi connectivity index (χ3v) is 2.58. The lowest BCUT2D eigenvalue weighted by Crippen LogP contribution is -2.15. The molecule has 0 saturated carbocycles. The molecule has 0 radical (unpaired) electrons. The van der Waals surface area contributed by atoms with Crippen LogP contribution in [0.15, 0.2) is 12.1 Å². The van der Waals surface area contributed by atoms with Crippen molar-refractivity contribution in [2.75, 3.05) is 14.2 Å². The molecule has 1 unspecified atom stereocenters. The SMILES string of the molecule is COc1ccc(OC)c(C(N)CCC(=O)O)c1F. The van der Waals surface area contributed by atoms with E-state index < -0.39 is 17.8 Å². The summed E-state index contributed by atoms with van der Waals surface area (Å²) < 4.78 is 24.0. The molecule has 3 N–H and O–H groups in total. The summed E-state index contributed by atoms with van der Waals surface area (Å²) in [4.78, 5) is 10.5. The van der Waals surface area contributed by atoms with E-state index in [1.165, 1.54) is 26.4 Å². The lowest BCUT2D eigenvalue weighted by molar-refractivity contribution is -0.137. The Morgan fingerprint density at radius 3 is 2.44 bits per heavy atom. The highest BCUT2D eigenvalue weighted by Crippen LogP contribution is 2.34. The summed E-state index contributed by atoms with van der Waals surface area (Å²) in [5, 5.41) is 8.60. The molecule has 0 heterocycles. The quantitative estimate of drug-likeness (QED) is 0.810. The Morgan fingerprint density at radius 1 is 1.39 bits per heavy atom. The highest BCUT2D eigenvalue weighted by atomic mass is 19.1. The highest BCUT2D eigenvalue weighted by molar-refractivity contribution is 5.66. The molecule has 5 nitrogen and oxygen atoms in total. The number of carboxylic acids is 1. The molecule has 1 atom stereocenters. The highest BCUT2D eigenvalue weighted by Gasteiger charge is 2.21. The fourth-order valence-electron chi connectivity index (χ4n) is 1.66. The van der Waals surface area contributed by atoms with E-state index in [2.05, 4.69) is 0 Å². The van der Waals surface area contributed by atoms with Crippen molar-refractivity contribution in [3.05, 3.63) is 23.5 Å². The van der Waals surface area contributed by atoms with E-state index >= 15 is 0 Å². The van der Waals surface area contributed by atoms with Crippen LogP contribution in [-0.2, 0) is 4.79 Å². The van der Waals surface area contributed by atoms with Crippen molar-refractivity contribution in [1.29, 1.82) is 0 Å². The number of nitrogens with two attached hydrogens (primary N) is 1. The van der Waals surface area contributed by atoms with Crippen molar-refractivity contribution < 1.29 is 23.8 Å². The normalized spacial score (nSPS) is 12.0. The Kier molecular flexibility index (Phi) is 4.91. The molecule has 0 aliphatic heterocycles. The number of hydrogen-bond acceptors (Lipinski definition) is 4. The number of ether oxygens (including phenoxy) is 2. The van der Waals surface area contributed by atoms with E-state index in [1.54, 1.807) is 0 Å². The van der Waals surface area contributed by atoms with Crippen LogP contribution in [-0.4, -0.2) is 25.3 Å². The largest absolute Gasteiger partial charge is 0.496 e. The zero-order chi connectivity index (χ0) is 13.7. The number of methoxy groups -OCH3 is 2. The lowest BCUT2D eigenvalue weighted by Gasteiger charge is -2.17. The van der Waals surface area contributed by atoms with Crippen LogP contribution in [0.1, 0.15) is 24.4 Å². The third-order valence-electron chi connectivity index (χ3n) is 2.58. The monoisotopic (exact) mass is 257 g/mol. The van der Waals surface area contributed by atoms with Gasteiger partial charge in [-0.15, -0.1) is 0 Å². The van der Waals surface area contributed by atoms with Crippen LogP contribution >= 0.6 is 0 Å². The number of halogens is 1. The predicted molar refractivity (Wildman–Crippen MR) is 63.3 cm³/mol. The average molecular weight is 257 g/mol. The fourth-order valence-corrected chi connectivity index (χ4v) is 1.66. The second-order valence-electron chi connectivity index (χ2n) is 3.74. The maximum absolute atomic E-state index is 14.1. The van der Waals surface area contributed by atoms with Gasteiger partial charge < -0.3 is 20.3 Å². The minimum Gasteiger partial charge on any atom is -0.496 e. The van der Waals surface area contributed by atoms with Crippen molar-refractivity contribution in [3.8, 4) is 11.5 Å². The first-order valence-corrected chi connectivity index (χ1v) is 5.39. The Bertz CT molecular complexity index is 436. The summed E-state index contributed by atoms with van der Waals surface area (Å²) >= 11 is 0. The van der Waals surface area contributed by atoms with Crippen molar-refractivity contribution in [2.45, 2.75) is 18.9 Å². The molecule has 0 saturated heterocycles. The third kappa shape index (κ3) is 3.10. The molecule has 0 aliphatic rings. The summed E-state index contributed by atoms with van der Waals surface area (Å²) in [6.45, 7) is 0. The van der Waals surface area contributed by atoms with Crippen LogP contribution in [0.2, 0.25) is 0 Å². The maximum atomic E-state index is 14.1. The first-order chi connectivity index (χ1) is 8.51. The van der Waals surface area contributed by atoms with Crippen LogP contribution in [0.3, 0.4) is 0 Å². The summed E-state index contributed by atoms with van der Waals surface area (Å²) in [6.07, 6.45) is -0.0171. The molecule has 1 aromatic rings. The van der Waals surface area contributed by atoms with Crippen molar-refractivity contribution in [1.82, 2.24) is 0 Å². The van der Waals surface area contributed by atoms with E-state index in [-0.39, 0.29) is 29.9 Å². The summed E-state index contributed by atoms with van der Waals surface area (Å²) in [5.41, 5.74) is 5.94. The van der Waals surface area contributed by atoms with E-state index in [0.717, 1.165) is 0 Å². The topological polar surface area (TPSA) is 81.8 Å². The van der Waals surface area contributed by atoms with Crippen LogP contribution in [0.5, 0.6) is 11.5 Å². The fraction of sp³-hybridized carbons (Fsp3) is 0.417. The van der Waals surface area contributed by atoms with Gasteiger partial charge >= 0.3 is 5.97 Å². The summed E-state index contributed by atoms with van der Waals surface area (Å²) in [6, 6.07) is 2.21. The molecule has 0 aliphatic carbocycles. The Balaban J connectivity index is 3.07. The van der Waals surface area contributed by atoms with Gasteiger partial charge in [0.15, 0.2) is 11.6 Å². The predicted octanol–water partition coefficient (Wildman–Crippen LogP) is 1.71. The molecule has 0 fully saturated rings. The van der Waals surface area contributed by atoms with Crippen molar-refractivity contribution in [3.63, 3.8) is 0 Å². The molecule has 0 spiro atoms. The van der Waals surface area contributed by atoms with Crippen molar-refractivity contribution >= 4 is 5.97 Å². The Morgan fingerprint density at radius 2 is 1.94 bits per heavy atom. The molecule has 18 heavy (non-hydrogen) atoms. The van der Waals surface area contributed by atoms with E-state index in [1.807, 2.05) is 0 Å². The summed E-state index contributed by atoms with van der Waals surface area (Å²) in [5.74, 6) is -1.26.